The summed E-state index contributed by atoms with van der Waals surface area (Å²) in [4.78, 5) is 2.05. The van der Waals surface area contributed by atoms with Crippen molar-refractivity contribution in [3.63, 3.8) is 0 Å². The summed E-state index contributed by atoms with van der Waals surface area (Å²) in [5.41, 5.74) is 4.31. The van der Waals surface area contributed by atoms with Crippen LogP contribution in [0.5, 0.6) is 0 Å². The average molecular weight is 272 g/mol. The van der Waals surface area contributed by atoms with Gasteiger partial charge in [-0.3, -0.25) is 0 Å². The molecule has 7 heteroatoms. The lowest BCUT2D eigenvalue weighted by Crippen LogP contribution is -2.14. The quantitative estimate of drug-likeness (QED) is 0.488. The van der Waals surface area contributed by atoms with Gasteiger partial charge in [0.15, 0.2) is 0 Å². The van der Waals surface area contributed by atoms with Gasteiger partial charge in [-0.2, -0.15) is 0 Å². The predicted molar refractivity (Wildman–Crippen MR) is 96.5 cm³/mol. The predicted octanol–water partition coefficient (Wildman–Crippen LogP) is -2.43. The Morgan fingerprint density at radius 1 is 1.19 bits per heavy atom. The van der Waals surface area contributed by atoms with Gasteiger partial charge in [-0.25, -0.2) is 0 Å². The van der Waals surface area contributed by atoms with Crippen LogP contribution in [0.2, 0.25) is 12.1 Å². The molecule has 0 spiro atoms. The maximum absolute atomic E-state index is 3.46. The molecule has 0 aliphatic rings. The molecule has 0 aliphatic carbocycles. The van der Waals surface area contributed by atoms with Gasteiger partial charge in [0, 0.05) is 0 Å². The summed E-state index contributed by atoms with van der Waals surface area (Å²) < 4.78 is 0. The summed E-state index contributed by atoms with van der Waals surface area (Å²) in [6.07, 6.45) is 3.54. The summed E-state index contributed by atoms with van der Waals surface area (Å²) in [6, 6.07) is 0. The smallest absolute Gasteiger partial charge is 0.134 e. The molecule has 0 nitrogen and oxygen atoms in total. The van der Waals surface area contributed by atoms with E-state index in [0.29, 0.717) is 11.7 Å². The van der Waals surface area contributed by atoms with Crippen LogP contribution in [0.1, 0.15) is 0 Å². The fourth-order valence-electron chi connectivity index (χ4n) is 1.71. The summed E-state index contributed by atoms with van der Waals surface area (Å²) >= 11 is 3.46. The summed E-state index contributed by atoms with van der Waals surface area (Å²) in [6.45, 7) is 0. The lowest BCUT2D eigenvalue weighted by molar-refractivity contribution is 0.801. The largest absolute Gasteiger partial charge is 0.135 e. The molecule has 2 atom stereocenters. The monoisotopic (exact) mass is 272 g/mol. The van der Waals surface area contributed by atoms with Crippen LogP contribution < -0.4 is 0 Å². The maximum atomic E-state index is 3.46. The lowest BCUT2D eigenvalue weighted by Gasteiger charge is -2.24. The zero-order valence-electron chi connectivity index (χ0n) is 11.5. The van der Waals surface area contributed by atoms with Crippen molar-refractivity contribution in [3.8, 4) is 0 Å². The third kappa shape index (κ3) is 4.95. The van der Waals surface area contributed by atoms with E-state index in [4.69, 9.17) is 0 Å². The lowest BCUT2D eigenvalue weighted by atomic mass is 9.59. The van der Waals surface area contributed by atoms with Crippen LogP contribution in [-0.2, 0) is 0 Å². The minimum atomic E-state index is 0.510. The molecular weight excluding hydrogens is 253 g/mol. The Balaban J connectivity index is 5.11. The Bertz CT molecular complexity index is 309. The maximum Gasteiger partial charge on any atom is 0.135 e. The molecule has 0 aromatic rings. The van der Waals surface area contributed by atoms with Crippen LogP contribution in [0, 0.1) is 5.92 Å². The fraction of sp³-hybridized carbons (Fsp3) is 0.333. The fourth-order valence-corrected chi connectivity index (χ4v) is 2.02. The standard InChI is InChI=1S/C9H19B6Br/c10-2-5(12)1-6(8(14)4-16)9(15)7(13)3-11/h1,3-4,6,9H,2,10-15H2/b5-1-,7-3-,8-4-. The number of rotatable bonds is 5. The normalized spacial score (nSPS) is 18.2. The van der Waals surface area contributed by atoms with E-state index in [9.17, 15) is 0 Å². The first kappa shape index (κ1) is 16.1. The van der Waals surface area contributed by atoms with Crippen molar-refractivity contribution >= 4 is 63.0 Å². The van der Waals surface area contributed by atoms with Crippen molar-refractivity contribution < 1.29 is 0 Å². The number of hydrogen-bond donors (Lipinski definition) is 0. The van der Waals surface area contributed by atoms with Crippen molar-refractivity contribution in [1.29, 1.82) is 0 Å². The van der Waals surface area contributed by atoms with Crippen molar-refractivity contribution in [1.82, 2.24) is 0 Å². The molecule has 0 saturated carbocycles. The van der Waals surface area contributed by atoms with E-state index >= 15 is 0 Å². The summed E-state index contributed by atoms with van der Waals surface area (Å²) in [7, 11) is 13.3. The van der Waals surface area contributed by atoms with Crippen LogP contribution in [0.3, 0.4) is 0 Å². The molecule has 0 rings (SSSR count). The summed E-state index contributed by atoms with van der Waals surface area (Å²) in [5, 5.41) is 0. The van der Waals surface area contributed by atoms with Crippen molar-refractivity contribution in [2.24, 2.45) is 5.92 Å². The molecule has 0 amide bonds. The van der Waals surface area contributed by atoms with Gasteiger partial charge in [0.1, 0.15) is 47.1 Å². The molecule has 0 N–H and O–H groups in total. The molecular formula is C9H19B6Br. The van der Waals surface area contributed by atoms with Crippen molar-refractivity contribution in [2.45, 2.75) is 12.1 Å². The highest BCUT2D eigenvalue weighted by atomic mass is 79.9. The number of allylic oxidation sites excluding steroid dienone is 4. The Kier molecular flexibility index (Phi) is 8.27. The van der Waals surface area contributed by atoms with Gasteiger partial charge in [-0.05, 0) is 16.7 Å². The second kappa shape index (κ2) is 8.22. The highest BCUT2D eigenvalue weighted by molar-refractivity contribution is 9.11. The van der Waals surface area contributed by atoms with Crippen LogP contribution >= 0.6 is 15.9 Å². The van der Waals surface area contributed by atoms with Gasteiger partial charge in [0.25, 0.3) is 0 Å². The third-order valence-corrected chi connectivity index (χ3v) is 4.15. The molecule has 0 aromatic carbocycles. The van der Waals surface area contributed by atoms with Crippen molar-refractivity contribution in [3.05, 3.63) is 33.5 Å². The van der Waals surface area contributed by atoms with E-state index in [0.717, 1.165) is 6.32 Å². The van der Waals surface area contributed by atoms with Crippen LogP contribution in [-0.4, -0.2) is 47.1 Å². The molecule has 0 radical (unpaired) electrons. The highest BCUT2D eigenvalue weighted by Gasteiger charge is 2.17. The van der Waals surface area contributed by atoms with E-state index in [1.54, 1.807) is 0 Å². The third-order valence-electron chi connectivity index (χ3n) is 3.43. The van der Waals surface area contributed by atoms with Crippen LogP contribution in [0.15, 0.2) is 33.5 Å². The van der Waals surface area contributed by atoms with Gasteiger partial charge >= 0.3 is 0 Å². The van der Waals surface area contributed by atoms with E-state index < -0.39 is 0 Å². The zero-order chi connectivity index (χ0) is 12.7. The van der Waals surface area contributed by atoms with Crippen molar-refractivity contribution in [2.75, 3.05) is 0 Å². The highest BCUT2D eigenvalue weighted by Crippen LogP contribution is 2.29. The van der Waals surface area contributed by atoms with Gasteiger partial charge in [0.2, 0.25) is 0 Å². The minimum absolute atomic E-state index is 0.510. The van der Waals surface area contributed by atoms with E-state index in [1.165, 1.54) is 16.4 Å². The zero-order valence-corrected chi connectivity index (χ0v) is 13.1. The van der Waals surface area contributed by atoms with E-state index in [1.807, 2.05) is 0 Å². The van der Waals surface area contributed by atoms with Gasteiger partial charge in [-0.1, -0.05) is 33.8 Å². The topological polar surface area (TPSA) is 0 Å². The molecule has 0 bridgehead atoms. The molecule has 0 fully saturated rings. The minimum Gasteiger partial charge on any atom is -0.134 e. The summed E-state index contributed by atoms with van der Waals surface area (Å²) in [5.74, 6) is 3.30. The van der Waals surface area contributed by atoms with Gasteiger partial charge in [0.05, 0.1) is 0 Å². The first-order valence-corrected chi connectivity index (χ1v) is 6.96. The first-order valence-electron chi connectivity index (χ1n) is 6.04. The molecule has 2 unspecified atom stereocenters. The Morgan fingerprint density at radius 3 is 2.12 bits per heavy atom. The van der Waals surface area contributed by atoms with E-state index in [2.05, 4.69) is 80.0 Å². The molecule has 80 valence electrons. The van der Waals surface area contributed by atoms with E-state index in [-0.39, 0.29) is 0 Å². The molecule has 0 aromatic heterocycles. The molecule has 0 heterocycles. The average Bonchev–Trinajstić information content (AvgIpc) is 2.32. The second-order valence-corrected chi connectivity index (χ2v) is 5.02. The molecule has 16 heavy (non-hydrogen) atoms. The number of halogens is 1. The second-order valence-electron chi connectivity index (χ2n) is 4.57. The Hall–Kier alpha value is 0.0896. The number of hydrogen-bond acceptors (Lipinski definition) is 0. The van der Waals surface area contributed by atoms with Gasteiger partial charge in [-0.15, -0.1) is 16.9 Å². The Labute approximate surface area is 114 Å². The van der Waals surface area contributed by atoms with Crippen LogP contribution in [0.4, 0.5) is 0 Å². The molecule has 0 aliphatic heterocycles. The van der Waals surface area contributed by atoms with Gasteiger partial charge < -0.3 is 0 Å². The molecule has 0 saturated heterocycles. The van der Waals surface area contributed by atoms with Crippen LogP contribution in [0.25, 0.3) is 0 Å². The first-order chi connectivity index (χ1) is 7.47. The Morgan fingerprint density at radius 2 is 1.75 bits per heavy atom. The SMILES string of the molecule is B/C=C(\B)C(B)C(/C=C(\B)CB)/C(B)=C/Br.